The molecular formula is C23H24ClNO4S2. The van der Waals surface area contributed by atoms with E-state index in [0.29, 0.717) is 52.1 Å². The fraction of sp³-hybridized carbons (Fsp3) is 0.304. The van der Waals surface area contributed by atoms with Gasteiger partial charge in [0.1, 0.15) is 23.3 Å². The molecule has 0 atom stereocenters. The third-order valence-electron chi connectivity index (χ3n) is 4.49. The summed E-state index contributed by atoms with van der Waals surface area (Å²) in [6.07, 6.45) is 1.83. The van der Waals surface area contributed by atoms with Crippen molar-refractivity contribution in [2.75, 3.05) is 26.4 Å². The molecule has 31 heavy (non-hydrogen) atoms. The van der Waals surface area contributed by atoms with E-state index in [2.05, 4.69) is 0 Å². The van der Waals surface area contributed by atoms with Gasteiger partial charge in [-0.25, -0.2) is 0 Å². The van der Waals surface area contributed by atoms with Crippen molar-refractivity contribution in [2.24, 2.45) is 0 Å². The lowest BCUT2D eigenvalue weighted by atomic mass is 10.2. The predicted octanol–water partition coefficient (Wildman–Crippen LogP) is 5.73. The van der Waals surface area contributed by atoms with Gasteiger partial charge in [0, 0.05) is 11.6 Å². The lowest BCUT2D eigenvalue weighted by molar-refractivity contribution is -0.121. The van der Waals surface area contributed by atoms with E-state index in [-0.39, 0.29) is 5.91 Å². The van der Waals surface area contributed by atoms with E-state index >= 15 is 0 Å². The zero-order chi connectivity index (χ0) is 22.4. The molecule has 0 unspecified atom stereocenters. The maximum atomic E-state index is 12.4. The molecular weight excluding hydrogens is 454 g/mol. The summed E-state index contributed by atoms with van der Waals surface area (Å²) in [6.45, 7) is 7.56. The van der Waals surface area contributed by atoms with Crippen LogP contribution in [0.25, 0.3) is 6.08 Å². The van der Waals surface area contributed by atoms with Crippen LogP contribution in [0.1, 0.15) is 25.0 Å². The second-order valence-electron chi connectivity index (χ2n) is 6.67. The Bertz CT molecular complexity index is 1010. The van der Waals surface area contributed by atoms with Gasteiger partial charge in [-0.1, -0.05) is 41.6 Å². The maximum Gasteiger partial charge on any atom is 0.266 e. The van der Waals surface area contributed by atoms with E-state index in [0.717, 1.165) is 16.9 Å². The topological polar surface area (TPSA) is 48.0 Å². The largest absolute Gasteiger partial charge is 0.490 e. The van der Waals surface area contributed by atoms with Gasteiger partial charge in [0.2, 0.25) is 0 Å². The lowest BCUT2D eigenvalue weighted by Crippen LogP contribution is -2.27. The van der Waals surface area contributed by atoms with E-state index in [1.165, 1.54) is 11.8 Å². The van der Waals surface area contributed by atoms with Gasteiger partial charge in [0.05, 0.1) is 11.5 Å². The minimum absolute atomic E-state index is 0.0645. The number of hydrogen-bond donors (Lipinski definition) is 0. The Hall–Kier alpha value is -2.22. The van der Waals surface area contributed by atoms with Crippen LogP contribution in [0, 0.1) is 6.92 Å². The number of benzene rings is 2. The Morgan fingerprint density at radius 1 is 1.06 bits per heavy atom. The molecule has 0 aromatic heterocycles. The SMILES string of the molecule is CCOc1cc(/C=C2\SC(=S)N(CC)C2=O)ccc1OCCOc1ccc(Cl)c(C)c1. The minimum atomic E-state index is -0.0645. The third kappa shape index (κ3) is 5.93. The number of likely N-dealkylation sites (N-methyl/N-ethyl adjacent to an activating group) is 1. The zero-order valence-corrected chi connectivity index (χ0v) is 20.0. The Labute approximate surface area is 197 Å². The summed E-state index contributed by atoms with van der Waals surface area (Å²) < 4.78 is 17.9. The average Bonchev–Trinajstić information content (AvgIpc) is 3.01. The molecule has 8 heteroatoms. The molecule has 2 aromatic rings. The molecule has 1 saturated heterocycles. The number of thioether (sulfide) groups is 1. The summed E-state index contributed by atoms with van der Waals surface area (Å²) in [5, 5.41) is 0.710. The highest BCUT2D eigenvalue weighted by Crippen LogP contribution is 2.34. The molecule has 0 spiro atoms. The number of thiocarbonyl (C=S) groups is 1. The molecule has 0 saturated carbocycles. The molecule has 164 valence electrons. The van der Waals surface area contributed by atoms with Crippen molar-refractivity contribution in [3.63, 3.8) is 0 Å². The van der Waals surface area contributed by atoms with Crippen LogP contribution < -0.4 is 14.2 Å². The first kappa shape index (κ1) is 23.4. The smallest absolute Gasteiger partial charge is 0.266 e. The normalized spacial score (nSPS) is 15.0. The van der Waals surface area contributed by atoms with Crippen LogP contribution in [-0.2, 0) is 4.79 Å². The van der Waals surface area contributed by atoms with Crippen molar-refractivity contribution in [2.45, 2.75) is 20.8 Å². The Balaban J connectivity index is 1.65. The molecule has 0 aliphatic carbocycles. The first-order valence-electron chi connectivity index (χ1n) is 9.96. The maximum absolute atomic E-state index is 12.4. The van der Waals surface area contributed by atoms with Gasteiger partial charge >= 0.3 is 0 Å². The van der Waals surface area contributed by atoms with Gasteiger partial charge < -0.3 is 14.2 Å². The van der Waals surface area contributed by atoms with Crippen molar-refractivity contribution in [1.29, 1.82) is 0 Å². The van der Waals surface area contributed by atoms with Crippen molar-refractivity contribution in [1.82, 2.24) is 4.90 Å². The fourth-order valence-corrected chi connectivity index (χ4v) is 4.45. The van der Waals surface area contributed by atoms with Crippen molar-refractivity contribution in [3.8, 4) is 17.2 Å². The van der Waals surface area contributed by atoms with E-state index in [1.807, 2.05) is 63.2 Å². The summed E-state index contributed by atoms with van der Waals surface area (Å²) in [6, 6.07) is 11.1. The Morgan fingerprint density at radius 3 is 2.52 bits per heavy atom. The highest BCUT2D eigenvalue weighted by molar-refractivity contribution is 8.26. The highest BCUT2D eigenvalue weighted by Gasteiger charge is 2.30. The van der Waals surface area contributed by atoms with Crippen molar-refractivity contribution in [3.05, 3.63) is 57.5 Å². The molecule has 0 radical (unpaired) electrons. The Morgan fingerprint density at radius 2 is 1.84 bits per heavy atom. The highest BCUT2D eigenvalue weighted by atomic mass is 35.5. The predicted molar refractivity (Wildman–Crippen MR) is 130 cm³/mol. The van der Waals surface area contributed by atoms with Gasteiger partial charge in [0.15, 0.2) is 11.5 Å². The molecule has 1 aliphatic rings. The quantitative estimate of drug-likeness (QED) is 0.261. The standard InChI is InChI=1S/C23H24ClNO4S2/c1-4-25-22(26)21(31-23(25)30)14-16-6-9-19(20(13-16)27-5-2)29-11-10-28-17-7-8-18(24)15(3)12-17/h6-9,12-14H,4-5,10-11H2,1-3H3/b21-14-. The van der Waals surface area contributed by atoms with Gasteiger partial charge in [-0.3, -0.25) is 9.69 Å². The number of carbonyl (C=O) groups excluding carboxylic acids is 1. The van der Waals surface area contributed by atoms with Crippen LogP contribution in [-0.4, -0.2) is 41.5 Å². The van der Waals surface area contributed by atoms with Gasteiger partial charge in [-0.15, -0.1) is 0 Å². The zero-order valence-electron chi connectivity index (χ0n) is 17.6. The molecule has 1 fully saturated rings. The molecule has 1 aliphatic heterocycles. The summed E-state index contributed by atoms with van der Waals surface area (Å²) in [5.41, 5.74) is 1.81. The molecule has 2 aromatic carbocycles. The second-order valence-corrected chi connectivity index (χ2v) is 8.76. The lowest BCUT2D eigenvalue weighted by Gasteiger charge is -2.13. The number of nitrogens with zero attached hydrogens (tertiary/aromatic N) is 1. The van der Waals surface area contributed by atoms with Crippen LogP contribution in [0.3, 0.4) is 0 Å². The van der Waals surface area contributed by atoms with E-state index in [4.69, 9.17) is 38.0 Å². The first-order chi connectivity index (χ1) is 14.9. The van der Waals surface area contributed by atoms with Crippen LogP contribution in [0.15, 0.2) is 41.3 Å². The number of rotatable bonds is 9. The fourth-order valence-electron chi connectivity index (χ4n) is 2.94. The summed E-state index contributed by atoms with van der Waals surface area (Å²) in [7, 11) is 0. The van der Waals surface area contributed by atoms with Crippen molar-refractivity contribution >= 4 is 51.9 Å². The number of ether oxygens (including phenoxy) is 3. The number of amides is 1. The molecule has 1 heterocycles. The van der Waals surface area contributed by atoms with Crippen LogP contribution in [0.2, 0.25) is 5.02 Å². The molecule has 5 nitrogen and oxygen atoms in total. The molecule has 0 N–H and O–H groups in total. The molecule has 3 rings (SSSR count). The van der Waals surface area contributed by atoms with E-state index in [1.54, 1.807) is 4.90 Å². The molecule has 1 amide bonds. The number of carbonyl (C=O) groups is 1. The van der Waals surface area contributed by atoms with Gasteiger partial charge in [0.25, 0.3) is 5.91 Å². The van der Waals surface area contributed by atoms with Crippen LogP contribution in [0.4, 0.5) is 0 Å². The second kappa shape index (κ2) is 10.9. The minimum Gasteiger partial charge on any atom is -0.490 e. The average molecular weight is 478 g/mol. The number of hydrogen-bond acceptors (Lipinski definition) is 6. The summed E-state index contributed by atoms with van der Waals surface area (Å²) in [5.74, 6) is 1.92. The summed E-state index contributed by atoms with van der Waals surface area (Å²) in [4.78, 5) is 14.6. The van der Waals surface area contributed by atoms with Gasteiger partial charge in [-0.05, 0) is 68.3 Å². The summed E-state index contributed by atoms with van der Waals surface area (Å²) >= 11 is 12.6. The number of aryl methyl sites for hydroxylation is 1. The number of halogens is 1. The Kier molecular flexibility index (Phi) is 8.23. The monoisotopic (exact) mass is 477 g/mol. The first-order valence-corrected chi connectivity index (χ1v) is 11.6. The third-order valence-corrected chi connectivity index (χ3v) is 6.30. The van der Waals surface area contributed by atoms with Crippen molar-refractivity contribution < 1.29 is 19.0 Å². The van der Waals surface area contributed by atoms with Crippen LogP contribution in [0.5, 0.6) is 17.2 Å². The van der Waals surface area contributed by atoms with Gasteiger partial charge in [-0.2, -0.15) is 0 Å². The molecule has 0 bridgehead atoms. The van der Waals surface area contributed by atoms with E-state index < -0.39 is 0 Å². The van der Waals surface area contributed by atoms with E-state index in [9.17, 15) is 4.79 Å². The van der Waals surface area contributed by atoms with Crippen LogP contribution >= 0.6 is 35.6 Å².